The van der Waals surface area contributed by atoms with Gasteiger partial charge in [-0.1, -0.05) is 36.3 Å². The minimum Gasteiger partial charge on any atom is -0.371 e. The number of amides is 3. The Balaban J connectivity index is 0.984. The lowest BCUT2D eigenvalue weighted by Crippen LogP contribution is -2.43. The molecule has 2 aromatic heterocycles. The van der Waals surface area contributed by atoms with Gasteiger partial charge in [0.05, 0.1) is 17.7 Å². The van der Waals surface area contributed by atoms with Crippen molar-refractivity contribution < 1.29 is 27.6 Å². The number of piperidine rings is 2. The topological polar surface area (TPSA) is 112 Å². The molecule has 0 saturated carbocycles. The Labute approximate surface area is 310 Å². The molecule has 2 aliphatic rings. The van der Waals surface area contributed by atoms with E-state index in [1.54, 1.807) is 46.1 Å². The molecule has 3 aromatic carbocycles. The second kappa shape index (κ2) is 15.2. The van der Waals surface area contributed by atoms with Gasteiger partial charge in [0.15, 0.2) is 5.65 Å². The van der Waals surface area contributed by atoms with Crippen molar-refractivity contribution in [3.8, 4) is 11.8 Å². The number of carbonyl (C=O) groups excluding carboxylic acids is 3. The van der Waals surface area contributed by atoms with E-state index in [2.05, 4.69) is 37.5 Å². The van der Waals surface area contributed by atoms with Crippen LogP contribution >= 0.6 is 0 Å². The van der Waals surface area contributed by atoms with Gasteiger partial charge in [-0.2, -0.15) is 18.3 Å². The van der Waals surface area contributed by atoms with Crippen LogP contribution in [0, 0.1) is 18.8 Å². The zero-order chi connectivity index (χ0) is 38.0. The molecule has 0 radical (unpaired) electrons. The van der Waals surface area contributed by atoms with E-state index in [1.165, 1.54) is 12.1 Å². The number of alkyl halides is 3. The van der Waals surface area contributed by atoms with Gasteiger partial charge in [-0.05, 0) is 98.3 Å². The van der Waals surface area contributed by atoms with Crippen LogP contribution < -0.4 is 15.5 Å². The average molecular weight is 734 g/mol. The fraction of sp³-hybridized carbons (Fsp3) is 0.293. The van der Waals surface area contributed by atoms with E-state index < -0.39 is 17.6 Å². The van der Waals surface area contributed by atoms with E-state index in [-0.39, 0.29) is 40.7 Å². The third-order valence-corrected chi connectivity index (χ3v) is 10.1. The average Bonchev–Trinajstić information content (AvgIpc) is 3.57. The number of nitrogens with one attached hydrogen (secondary N) is 2. The summed E-state index contributed by atoms with van der Waals surface area (Å²) >= 11 is 0. The lowest BCUT2D eigenvalue weighted by atomic mass is 9.90. The first-order chi connectivity index (χ1) is 25.9. The number of carbonyl (C=O) groups is 3. The molecule has 7 rings (SSSR count). The van der Waals surface area contributed by atoms with Gasteiger partial charge >= 0.3 is 6.18 Å². The summed E-state index contributed by atoms with van der Waals surface area (Å²) in [6, 6.07) is 20.5. The number of benzene rings is 3. The summed E-state index contributed by atoms with van der Waals surface area (Å²) in [7, 11) is 2.01. The summed E-state index contributed by atoms with van der Waals surface area (Å²) < 4.78 is 45.0. The van der Waals surface area contributed by atoms with E-state index in [4.69, 9.17) is 0 Å². The highest BCUT2D eigenvalue weighted by Crippen LogP contribution is 2.39. The van der Waals surface area contributed by atoms with Crippen molar-refractivity contribution in [1.29, 1.82) is 0 Å². The smallest absolute Gasteiger partial charge is 0.371 e. The second-order valence-electron chi connectivity index (χ2n) is 13.8. The third-order valence-electron chi connectivity index (χ3n) is 10.1. The number of hydrogen-bond acceptors (Lipinski definition) is 7. The molecule has 4 heterocycles. The van der Waals surface area contributed by atoms with E-state index in [9.17, 15) is 27.6 Å². The Morgan fingerprint density at radius 3 is 2.52 bits per heavy atom. The highest BCUT2D eigenvalue weighted by Gasteiger charge is 2.36. The van der Waals surface area contributed by atoms with Crippen molar-refractivity contribution >= 4 is 34.7 Å². The normalized spacial score (nSPS) is 16.6. The molecule has 2 aliphatic heterocycles. The third kappa shape index (κ3) is 7.99. The molecule has 1 atom stereocenters. The highest BCUT2D eigenvalue weighted by molar-refractivity contribution is 6.04. The van der Waals surface area contributed by atoms with Crippen molar-refractivity contribution in [3.05, 3.63) is 124 Å². The van der Waals surface area contributed by atoms with Gasteiger partial charge in [0, 0.05) is 60.8 Å². The summed E-state index contributed by atoms with van der Waals surface area (Å²) in [5.74, 6) is 4.70. The first-order valence-corrected chi connectivity index (χ1v) is 17.7. The number of fused-ring (bicyclic) bond motifs is 1. The molecule has 0 spiro atoms. The molecule has 10 nitrogen and oxygen atoms in total. The maximum atomic E-state index is 14.5. The lowest BCUT2D eigenvalue weighted by molar-refractivity contribution is -0.137. The number of rotatable bonds is 7. The lowest BCUT2D eigenvalue weighted by Gasteiger charge is -2.39. The molecular formula is C41H38F3N7O3. The van der Waals surface area contributed by atoms with Gasteiger partial charge in [0.25, 0.3) is 5.91 Å². The van der Waals surface area contributed by atoms with Gasteiger partial charge in [-0.25, -0.2) is 9.50 Å². The maximum Gasteiger partial charge on any atom is 0.418 e. The molecule has 1 unspecified atom stereocenters. The van der Waals surface area contributed by atoms with E-state index >= 15 is 0 Å². The van der Waals surface area contributed by atoms with E-state index in [1.807, 2.05) is 44.3 Å². The Kier molecular flexibility index (Phi) is 10.2. The Bertz CT molecular complexity index is 2280. The molecule has 5 aromatic rings. The van der Waals surface area contributed by atoms with Gasteiger partial charge < -0.3 is 10.2 Å². The fourth-order valence-corrected chi connectivity index (χ4v) is 7.10. The predicted octanol–water partition coefficient (Wildman–Crippen LogP) is 6.33. The zero-order valence-electron chi connectivity index (χ0n) is 29.8. The molecule has 0 bridgehead atoms. The summed E-state index contributed by atoms with van der Waals surface area (Å²) in [6.07, 6.45) is 0.767. The van der Waals surface area contributed by atoms with Gasteiger partial charge in [-0.3, -0.25) is 24.6 Å². The maximum absolute atomic E-state index is 14.5. The van der Waals surface area contributed by atoms with Crippen LogP contribution in [0.25, 0.3) is 5.65 Å². The van der Waals surface area contributed by atoms with Crippen LogP contribution in [0.5, 0.6) is 0 Å². The number of anilines is 2. The summed E-state index contributed by atoms with van der Waals surface area (Å²) in [6.45, 7) is 3.39. The van der Waals surface area contributed by atoms with Gasteiger partial charge in [0.2, 0.25) is 11.8 Å². The van der Waals surface area contributed by atoms with E-state index in [0.717, 1.165) is 22.8 Å². The molecule has 3 amide bonds. The van der Waals surface area contributed by atoms with Crippen molar-refractivity contribution in [2.45, 2.75) is 57.3 Å². The second-order valence-corrected chi connectivity index (χ2v) is 13.8. The Morgan fingerprint density at radius 2 is 1.78 bits per heavy atom. The van der Waals surface area contributed by atoms with Crippen LogP contribution in [-0.4, -0.2) is 63.4 Å². The molecule has 2 N–H and O–H groups in total. The molecular weight excluding hydrogens is 695 g/mol. The standard InChI is InChI=1S/C41H38F3N7O3/c1-26-5-8-30(22-29(26)11-13-33-24-45-37-4-3-19-46-51(33)37)39(53)47-31-12-15-36(35(23-31)41(42,43)44)50-20-17-32(18-21-50)49(2)25-27-6-9-28(10-7-27)34-14-16-38(52)48-40(34)54/h3-10,12,15,19,22-24,32,34H,14,16-18,20-21,25H2,1-2H3,(H,47,53)(H,48,52,54). The molecule has 0 aliphatic carbocycles. The van der Waals surface area contributed by atoms with Crippen molar-refractivity contribution in [2.24, 2.45) is 0 Å². The molecule has 54 heavy (non-hydrogen) atoms. The van der Waals surface area contributed by atoms with Gasteiger partial charge in [0.1, 0.15) is 5.69 Å². The quantitative estimate of drug-likeness (QED) is 0.149. The highest BCUT2D eigenvalue weighted by atomic mass is 19.4. The van der Waals surface area contributed by atoms with Crippen LogP contribution in [0.3, 0.4) is 0 Å². The number of imide groups is 1. The van der Waals surface area contributed by atoms with Gasteiger partial charge in [-0.15, -0.1) is 0 Å². The SMILES string of the molecule is Cc1ccc(C(=O)Nc2ccc(N3CCC(N(C)Cc4ccc(C5CCC(=O)NC5=O)cc4)CC3)c(C(F)(F)F)c2)cc1C#Cc1cnc2cccnn12. The minimum atomic E-state index is -4.64. The van der Waals surface area contributed by atoms with Crippen LogP contribution in [0.4, 0.5) is 24.5 Å². The molecule has 2 saturated heterocycles. The molecule has 2 fully saturated rings. The number of aromatic nitrogens is 3. The van der Waals surface area contributed by atoms with Crippen molar-refractivity contribution in [1.82, 2.24) is 24.8 Å². The summed E-state index contributed by atoms with van der Waals surface area (Å²) in [5.41, 5.74) is 4.16. The van der Waals surface area contributed by atoms with Crippen LogP contribution in [0.2, 0.25) is 0 Å². The first kappa shape index (κ1) is 36.4. The molecule has 276 valence electrons. The Morgan fingerprint density at radius 1 is 1.00 bits per heavy atom. The number of nitrogens with zero attached hydrogens (tertiary/aromatic N) is 5. The van der Waals surface area contributed by atoms with E-state index in [0.29, 0.717) is 62.2 Å². The van der Waals surface area contributed by atoms with Crippen LogP contribution in [0.1, 0.15) is 75.5 Å². The summed E-state index contributed by atoms with van der Waals surface area (Å²) in [5, 5.41) is 9.30. The number of imidazole rings is 1. The zero-order valence-corrected chi connectivity index (χ0v) is 29.8. The number of halogens is 3. The summed E-state index contributed by atoms with van der Waals surface area (Å²) in [4.78, 5) is 45.3. The van der Waals surface area contributed by atoms with Crippen molar-refractivity contribution in [3.63, 3.8) is 0 Å². The predicted molar refractivity (Wildman–Crippen MR) is 198 cm³/mol. The van der Waals surface area contributed by atoms with Crippen LogP contribution in [0.15, 0.2) is 85.2 Å². The largest absolute Gasteiger partial charge is 0.418 e. The Hall–Kier alpha value is -6.00. The monoisotopic (exact) mass is 733 g/mol. The molecule has 13 heteroatoms. The van der Waals surface area contributed by atoms with Crippen molar-refractivity contribution in [2.75, 3.05) is 30.4 Å². The number of aryl methyl sites for hydroxylation is 1. The minimum absolute atomic E-state index is 0.0410. The fourth-order valence-electron chi connectivity index (χ4n) is 7.10. The number of hydrogen-bond donors (Lipinski definition) is 2. The first-order valence-electron chi connectivity index (χ1n) is 17.7. The van der Waals surface area contributed by atoms with Crippen LogP contribution in [-0.2, 0) is 22.3 Å².